The summed E-state index contributed by atoms with van der Waals surface area (Å²) in [6.45, 7) is 18.7. The summed E-state index contributed by atoms with van der Waals surface area (Å²) in [4.78, 5) is 2.75. The van der Waals surface area contributed by atoms with Crippen molar-refractivity contribution < 1.29 is 0 Å². The second kappa shape index (κ2) is 10.7. The van der Waals surface area contributed by atoms with E-state index in [9.17, 15) is 0 Å². The van der Waals surface area contributed by atoms with Crippen molar-refractivity contribution in [3.05, 3.63) is 0 Å². The molecule has 2 unspecified atom stereocenters. The average Bonchev–Trinajstić information content (AvgIpc) is 2.39. The molecule has 0 aromatic heterocycles. The quantitative estimate of drug-likeness (QED) is 0.602. The molecule has 116 valence electrons. The van der Waals surface area contributed by atoms with Crippen LogP contribution in [0.25, 0.3) is 0 Å². The monoisotopic (exact) mass is 270 g/mol. The van der Waals surface area contributed by atoms with E-state index in [2.05, 4.69) is 58.7 Å². The van der Waals surface area contributed by atoms with Gasteiger partial charge >= 0.3 is 0 Å². The first kappa shape index (κ1) is 18.9. The molecule has 0 saturated heterocycles. The Labute approximate surface area is 122 Å². The molecule has 0 radical (unpaired) electrons. The highest BCUT2D eigenvalue weighted by atomic mass is 15.2. The van der Waals surface area contributed by atoms with Gasteiger partial charge in [-0.1, -0.05) is 41.5 Å². The first-order valence-corrected chi connectivity index (χ1v) is 8.50. The fourth-order valence-electron chi connectivity index (χ4n) is 3.04. The van der Waals surface area contributed by atoms with Crippen molar-refractivity contribution in [1.29, 1.82) is 0 Å². The lowest BCUT2D eigenvalue weighted by Gasteiger charge is -2.41. The molecule has 1 N–H and O–H groups in total. The van der Waals surface area contributed by atoms with Crippen LogP contribution in [0.5, 0.6) is 0 Å². The van der Waals surface area contributed by atoms with Crippen LogP contribution in [-0.2, 0) is 0 Å². The predicted molar refractivity (Wildman–Crippen MR) is 87.7 cm³/mol. The van der Waals surface area contributed by atoms with E-state index in [0.29, 0.717) is 12.1 Å². The summed E-state index contributed by atoms with van der Waals surface area (Å²) in [7, 11) is 0. The maximum Gasteiger partial charge on any atom is 0.0224 e. The molecule has 0 aliphatic carbocycles. The number of hydrogen-bond donors (Lipinski definition) is 1. The summed E-state index contributed by atoms with van der Waals surface area (Å²) in [5.41, 5.74) is 0. The zero-order valence-electron chi connectivity index (χ0n) is 14.5. The van der Waals surface area contributed by atoms with Gasteiger partial charge in [0.15, 0.2) is 0 Å². The molecule has 0 aliphatic rings. The lowest BCUT2D eigenvalue weighted by atomic mass is 9.99. The van der Waals surface area contributed by atoms with Crippen molar-refractivity contribution in [2.45, 2.75) is 92.3 Å². The van der Waals surface area contributed by atoms with E-state index in [0.717, 1.165) is 18.5 Å². The summed E-state index contributed by atoms with van der Waals surface area (Å²) >= 11 is 0. The fourth-order valence-corrected chi connectivity index (χ4v) is 3.04. The van der Waals surface area contributed by atoms with E-state index < -0.39 is 0 Å². The molecule has 0 aromatic carbocycles. The second-order valence-corrected chi connectivity index (χ2v) is 6.27. The molecule has 0 aliphatic heterocycles. The third-order valence-electron chi connectivity index (χ3n) is 4.19. The summed E-state index contributed by atoms with van der Waals surface area (Å²) in [6.07, 6.45) is 4.96. The predicted octanol–water partition coefficient (Wildman–Crippen LogP) is 4.30. The minimum Gasteiger partial charge on any atom is -0.312 e. The van der Waals surface area contributed by atoms with Crippen molar-refractivity contribution in [3.8, 4) is 0 Å². The van der Waals surface area contributed by atoms with Crippen LogP contribution in [0.4, 0.5) is 0 Å². The summed E-state index contributed by atoms with van der Waals surface area (Å²) in [5.74, 6) is 0.742. The standard InChI is InChI=1S/C17H38N2/c1-8-12-18-17(11-4)15(7)19(13-14(5)6)16(9-2)10-3/h14-18H,8-13H2,1-7H3. The number of rotatable bonds is 11. The Bertz CT molecular complexity index is 199. The summed E-state index contributed by atoms with van der Waals surface area (Å²) in [6, 6.07) is 1.98. The third kappa shape index (κ3) is 6.76. The smallest absolute Gasteiger partial charge is 0.0224 e. The van der Waals surface area contributed by atoms with Crippen molar-refractivity contribution in [2.24, 2.45) is 5.92 Å². The fraction of sp³-hybridized carbons (Fsp3) is 1.00. The van der Waals surface area contributed by atoms with Gasteiger partial charge in [-0.05, 0) is 45.1 Å². The molecule has 0 saturated carbocycles. The maximum atomic E-state index is 3.73. The van der Waals surface area contributed by atoms with Crippen molar-refractivity contribution in [1.82, 2.24) is 10.2 Å². The molecule has 0 rings (SSSR count). The van der Waals surface area contributed by atoms with E-state index in [-0.39, 0.29) is 0 Å². The minimum absolute atomic E-state index is 0.624. The Hall–Kier alpha value is -0.0800. The number of nitrogens with zero attached hydrogens (tertiary/aromatic N) is 1. The van der Waals surface area contributed by atoms with Crippen molar-refractivity contribution >= 4 is 0 Å². The van der Waals surface area contributed by atoms with Gasteiger partial charge in [0, 0.05) is 24.7 Å². The van der Waals surface area contributed by atoms with Gasteiger partial charge in [-0.15, -0.1) is 0 Å². The van der Waals surface area contributed by atoms with E-state index >= 15 is 0 Å². The zero-order valence-corrected chi connectivity index (χ0v) is 14.5. The maximum absolute atomic E-state index is 3.73. The molecule has 0 amide bonds. The van der Waals surface area contributed by atoms with Gasteiger partial charge in [-0.25, -0.2) is 0 Å². The molecule has 0 spiro atoms. The Morgan fingerprint density at radius 3 is 1.84 bits per heavy atom. The highest BCUT2D eigenvalue weighted by molar-refractivity contribution is 4.84. The van der Waals surface area contributed by atoms with Crippen LogP contribution in [0.15, 0.2) is 0 Å². The lowest BCUT2D eigenvalue weighted by Crippen LogP contribution is -2.53. The minimum atomic E-state index is 0.624. The van der Waals surface area contributed by atoms with E-state index in [4.69, 9.17) is 0 Å². The van der Waals surface area contributed by atoms with Gasteiger partial charge in [0.1, 0.15) is 0 Å². The molecule has 0 bridgehead atoms. The van der Waals surface area contributed by atoms with Gasteiger partial charge in [0.2, 0.25) is 0 Å². The Balaban J connectivity index is 4.78. The largest absolute Gasteiger partial charge is 0.312 e. The molecule has 0 aromatic rings. The highest BCUT2D eigenvalue weighted by Crippen LogP contribution is 2.18. The first-order chi connectivity index (χ1) is 9.01. The number of nitrogens with one attached hydrogen (secondary N) is 1. The van der Waals surface area contributed by atoms with Crippen LogP contribution in [0.2, 0.25) is 0 Å². The second-order valence-electron chi connectivity index (χ2n) is 6.27. The molecular formula is C17H38N2. The van der Waals surface area contributed by atoms with E-state index in [1.54, 1.807) is 0 Å². The van der Waals surface area contributed by atoms with Crippen LogP contribution in [0, 0.1) is 5.92 Å². The van der Waals surface area contributed by atoms with Gasteiger partial charge in [0.05, 0.1) is 0 Å². The molecule has 19 heavy (non-hydrogen) atoms. The topological polar surface area (TPSA) is 15.3 Å². The SMILES string of the molecule is CCCNC(CC)C(C)N(CC(C)C)C(CC)CC. The van der Waals surface area contributed by atoms with Crippen LogP contribution < -0.4 is 5.32 Å². The Morgan fingerprint density at radius 2 is 1.47 bits per heavy atom. The molecule has 2 atom stereocenters. The van der Waals surface area contributed by atoms with Crippen LogP contribution in [0.3, 0.4) is 0 Å². The molecule has 0 heterocycles. The van der Waals surface area contributed by atoms with Crippen molar-refractivity contribution in [2.75, 3.05) is 13.1 Å². The normalized spacial score (nSPS) is 15.5. The van der Waals surface area contributed by atoms with Gasteiger partial charge in [-0.2, -0.15) is 0 Å². The van der Waals surface area contributed by atoms with Crippen LogP contribution >= 0.6 is 0 Å². The Kier molecular flexibility index (Phi) is 10.6. The van der Waals surface area contributed by atoms with Gasteiger partial charge in [-0.3, -0.25) is 4.90 Å². The van der Waals surface area contributed by atoms with Crippen LogP contribution in [0.1, 0.15) is 74.1 Å². The van der Waals surface area contributed by atoms with Crippen molar-refractivity contribution in [3.63, 3.8) is 0 Å². The first-order valence-electron chi connectivity index (χ1n) is 8.50. The van der Waals surface area contributed by atoms with E-state index in [1.807, 2.05) is 0 Å². The summed E-state index contributed by atoms with van der Waals surface area (Å²) < 4.78 is 0. The Morgan fingerprint density at radius 1 is 0.895 bits per heavy atom. The molecular weight excluding hydrogens is 232 g/mol. The van der Waals surface area contributed by atoms with E-state index in [1.165, 1.54) is 32.2 Å². The van der Waals surface area contributed by atoms with Crippen LogP contribution in [-0.4, -0.2) is 36.1 Å². The van der Waals surface area contributed by atoms with Gasteiger partial charge in [0.25, 0.3) is 0 Å². The average molecular weight is 271 g/mol. The number of hydrogen-bond acceptors (Lipinski definition) is 2. The summed E-state index contributed by atoms with van der Waals surface area (Å²) in [5, 5.41) is 3.73. The zero-order chi connectivity index (χ0) is 14.8. The third-order valence-corrected chi connectivity index (χ3v) is 4.19. The molecule has 2 nitrogen and oxygen atoms in total. The molecule has 0 fully saturated rings. The van der Waals surface area contributed by atoms with Gasteiger partial charge < -0.3 is 5.32 Å². The highest BCUT2D eigenvalue weighted by Gasteiger charge is 2.26. The molecule has 2 heteroatoms. The lowest BCUT2D eigenvalue weighted by molar-refractivity contribution is 0.0924.